The SMILES string of the molecule is O=C(N[C@H](Cc1c[nH]c2ccccc12)C(=O)Nc1ccncc1)c1cc(F)c(-c2cccc(F)c2)cc1F. The van der Waals surface area contributed by atoms with Crippen molar-refractivity contribution in [2.24, 2.45) is 0 Å². The van der Waals surface area contributed by atoms with E-state index < -0.39 is 40.9 Å². The number of aromatic amines is 1. The Kier molecular flexibility index (Phi) is 6.90. The highest BCUT2D eigenvalue weighted by molar-refractivity contribution is 6.02. The van der Waals surface area contributed by atoms with Crippen LogP contribution in [0.25, 0.3) is 22.0 Å². The lowest BCUT2D eigenvalue weighted by Crippen LogP contribution is -2.45. The van der Waals surface area contributed by atoms with Crippen molar-refractivity contribution < 1.29 is 22.8 Å². The molecule has 2 amide bonds. The van der Waals surface area contributed by atoms with Gasteiger partial charge in [-0.25, -0.2) is 13.2 Å². The van der Waals surface area contributed by atoms with E-state index in [0.717, 1.165) is 34.7 Å². The Bertz CT molecular complexity index is 1640. The number of halogens is 3. The first-order chi connectivity index (χ1) is 18.4. The molecule has 3 N–H and O–H groups in total. The van der Waals surface area contributed by atoms with E-state index in [2.05, 4.69) is 20.6 Å². The highest BCUT2D eigenvalue weighted by Crippen LogP contribution is 2.27. The van der Waals surface area contributed by atoms with Crippen LogP contribution in [0.15, 0.2) is 91.4 Å². The first kappa shape index (κ1) is 24.8. The number of H-pyrrole nitrogens is 1. The first-order valence-corrected chi connectivity index (χ1v) is 11.7. The van der Waals surface area contributed by atoms with Gasteiger partial charge in [-0.3, -0.25) is 14.6 Å². The van der Waals surface area contributed by atoms with Gasteiger partial charge in [-0.15, -0.1) is 0 Å². The molecular weight excluding hydrogens is 493 g/mol. The van der Waals surface area contributed by atoms with E-state index in [0.29, 0.717) is 5.69 Å². The summed E-state index contributed by atoms with van der Waals surface area (Å²) in [5.41, 5.74) is 1.42. The van der Waals surface area contributed by atoms with Crippen molar-refractivity contribution in [3.05, 3.63) is 120 Å². The van der Waals surface area contributed by atoms with Crippen LogP contribution in [-0.2, 0) is 11.2 Å². The Labute approximate surface area is 215 Å². The summed E-state index contributed by atoms with van der Waals surface area (Å²) in [6.45, 7) is 0. The number of anilines is 1. The van der Waals surface area contributed by atoms with E-state index in [-0.39, 0.29) is 17.5 Å². The summed E-state index contributed by atoms with van der Waals surface area (Å²) in [7, 11) is 0. The number of aromatic nitrogens is 2. The van der Waals surface area contributed by atoms with Gasteiger partial charge in [0.2, 0.25) is 5.91 Å². The molecule has 0 fully saturated rings. The summed E-state index contributed by atoms with van der Waals surface area (Å²) >= 11 is 0. The number of carbonyl (C=O) groups excluding carboxylic acids is 2. The number of fused-ring (bicyclic) bond motifs is 1. The van der Waals surface area contributed by atoms with E-state index in [9.17, 15) is 18.4 Å². The van der Waals surface area contributed by atoms with Gasteiger partial charge in [-0.2, -0.15) is 0 Å². The first-order valence-electron chi connectivity index (χ1n) is 11.7. The number of nitrogens with one attached hydrogen (secondary N) is 3. The molecule has 0 aliphatic carbocycles. The van der Waals surface area contributed by atoms with Gasteiger partial charge in [0, 0.05) is 47.2 Å². The fourth-order valence-corrected chi connectivity index (χ4v) is 4.23. The number of nitrogens with zero attached hydrogens (tertiary/aromatic N) is 1. The van der Waals surface area contributed by atoms with Gasteiger partial charge in [-0.1, -0.05) is 30.3 Å². The minimum Gasteiger partial charge on any atom is -0.361 e. The molecular formula is C29H21F3N4O2. The molecule has 0 radical (unpaired) electrons. The van der Waals surface area contributed by atoms with Crippen LogP contribution in [0.2, 0.25) is 0 Å². The molecule has 9 heteroatoms. The lowest BCUT2D eigenvalue weighted by Gasteiger charge is -2.19. The Balaban J connectivity index is 1.44. The Morgan fingerprint density at radius 2 is 1.68 bits per heavy atom. The minimum absolute atomic E-state index is 0.0815. The smallest absolute Gasteiger partial charge is 0.255 e. The normalized spacial score (nSPS) is 11.8. The van der Waals surface area contributed by atoms with Crippen LogP contribution in [-0.4, -0.2) is 27.8 Å². The molecule has 0 saturated carbocycles. The molecule has 1 atom stereocenters. The Morgan fingerprint density at radius 3 is 2.47 bits per heavy atom. The number of para-hydroxylation sites is 1. The van der Waals surface area contributed by atoms with E-state index >= 15 is 4.39 Å². The second kappa shape index (κ2) is 10.6. The van der Waals surface area contributed by atoms with Crippen molar-refractivity contribution >= 4 is 28.4 Å². The van der Waals surface area contributed by atoms with Crippen LogP contribution < -0.4 is 10.6 Å². The average Bonchev–Trinajstić information content (AvgIpc) is 3.32. The maximum absolute atomic E-state index is 15.0. The highest BCUT2D eigenvalue weighted by atomic mass is 19.1. The molecule has 5 aromatic rings. The van der Waals surface area contributed by atoms with Crippen molar-refractivity contribution in [2.45, 2.75) is 12.5 Å². The molecule has 0 aliphatic heterocycles. The molecule has 3 aromatic carbocycles. The number of hydrogen-bond donors (Lipinski definition) is 3. The molecule has 6 nitrogen and oxygen atoms in total. The standard InChI is InChI=1S/C29H21F3N4O2/c30-19-5-3-4-17(12-19)22-14-25(32)23(15-24(22)31)28(37)36-27(29(38)35-20-8-10-33-11-9-20)13-18-16-34-26-7-2-1-6-21(18)26/h1-12,14-16,27,34H,13H2,(H,36,37)(H,33,35,38)/t27-/m1/s1. The fourth-order valence-electron chi connectivity index (χ4n) is 4.23. The zero-order valence-electron chi connectivity index (χ0n) is 19.8. The fraction of sp³-hybridized carbons (Fsp3) is 0.0690. The number of amides is 2. The highest BCUT2D eigenvalue weighted by Gasteiger charge is 2.26. The molecule has 5 rings (SSSR count). The molecule has 190 valence electrons. The van der Waals surface area contributed by atoms with Crippen molar-refractivity contribution in [2.75, 3.05) is 5.32 Å². The van der Waals surface area contributed by atoms with Gasteiger partial charge < -0.3 is 15.6 Å². The Morgan fingerprint density at radius 1 is 0.895 bits per heavy atom. The third-order valence-corrected chi connectivity index (χ3v) is 6.11. The van der Waals surface area contributed by atoms with Gasteiger partial charge in [-0.05, 0) is 53.6 Å². The third-order valence-electron chi connectivity index (χ3n) is 6.11. The minimum atomic E-state index is -1.12. The largest absolute Gasteiger partial charge is 0.361 e. The van der Waals surface area contributed by atoms with Crippen LogP contribution >= 0.6 is 0 Å². The zero-order chi connectivity index (χ0) is 26.6. The average molecular weight is 515 g/mol. The van der Waals surface area contributed by atoms with E-state index in [4.69, 9.17) is 0 Å². The lowest BCUT2D eigenvalue weighted by molar-refractivity contribution is -0.118. The van der Waals surface area contributed by atoms with Crippen molar-refractivity contribution in [1.82, 2.24) is 15.3 Å². The maximum atomic E-state index is 15.0. The lowest BCUT2D eigenvalue weighted by atomic mass is 10.0. The van der Waals surface area contributed by atoms with Gasteiger partial charge in [0.05, 0.1) is 5.56 Å². The Hall–Kier alpha value is -4.92. The summed E-state index contributed by atoms with van der Waals surface area (Å²) in [4.78, 5) is 33.3. The monoisotopic (exact) mass is 514 g/mol. The summed E-state index contributed by atoms with van der Waals surface area (Å²) < 4.78 is 43.5. The molecule has 2 heterocycles. The molecule has 0 unspecified atom stereocenters. The van der Waals surface area contributed by atoms with Crippen molar-refractivity contribution in [3.8, 4) is 11.1 Å². The number of benzene rings is 3. The third kappa shape index (κ3) is 5.27. The number of rotatable bonds is 7. The van der Waals surface area contributed by atoms with Crippen molar-refractivity contribution in [1.29, 1.82) is 0 Å². The van der Waals surface area contributed by atoms with Gasteiger partial charge in [0.25, 0.3) is 5.91 Å². The molecule has 0 bridgehead atoms. The van der Waals surface area contributed by atoms with Crippen LogP contribution in [0.4, 0.5) is 18.9 Å². The van der Waals surface area contributed by atoms with E-state index in [1.807, 2.05) is 24.3 Å². The summed E-state index contributed by atoms with van der Waals surface area (Å²) in [6.07, 6.45) is 4.82. The molecule has 0 aliphatic rings. The van der Waals surface area contributed by atoms with E-state index in [1.165, 1.54) is 30.6 Å². The second-order valence-corrected chi connectivity index (χ2v) is 8.64. The van der Waals surface area contributed by atoms with Crippen LogP contribution in [0.1, 0.15) is 15.9 Å². The second-order valence-electron chi connectivity index (χ2n) is 8.64. The zero-order valence-corrected chi connectivity index (χ0v) is 19.8. The van der Waals surface area contributed by atoms with Gasteiger partial charge >= 0.3 is 0 Å². The number of pyridine rings is 1. The van der Waals surface area contributed by atoms with Crippen LogP contribution in [0.5, 0.6) is 0 Å². The van der Waals surface area contributed by atoms with Crippen molar-refractivity contribution in [3.63, 3.8) is 0 Å². The summed E-state index contributed by atoms with van der Waals surface area (Å²) in [5, 5.41) is 6.12. The predicted molar refractivity (Wildman–Crippen MR) is 138 cm³/mol. The van der Waals surface area contributed by atoms with Gasteiger partial charge in [0.1, 0.15) is 23.5 Å². The quantitative estimate of drug-likeness (QED) is 0.263. The van der Waals surface area contributed by atoms with E-state index in [1.54, 1.807) is 18.3 Å². The molecule has 2 aromatic heterocycles. The molecule has 38 heavy (non-hydrogen) atoms. The predicted octanol–water partition coefficient (Wildman–Crippen LogP) is 5.63. The van der Waals surface area contributed by atoms with Crippen LogP contribution in [0.3, 0.4) is 0 Å². The summed E-state index contributed by atoms with van der Waals surface area (Å²) in [6, 6.07) is 16.2. The molecule has 0 spiro atoms. The number of carbonyl (C=O) groups is 2. The number of hydrogen-bond acceptors (Lipinski definition) is 3. The topological polar surface area (TPSA) is 86.9 Å². The summed E-state index contributed by atoms with van der Waals surface area (Å²) in [5.74, 6) is -4.04. The maximum Gasteiger partial charge on any atom is 0.255 e. The molecule has 0 saturated heterocycles. The van der Waals surface area contributed by atoms with Crippen LogP contribution in [0, 0.1) is 17.5 Å². The van der Waals surface area contributed by atoms with Gasteiger partial charge in [0.15, 0.2) is 0 Å².